The highest BCUT2D eigenvalue weighted by molar-refractivity contribution is 7.21. The van der Waals surface area contributed by atoms with Crippen LogP contribution in [0.3, 0.4) is 0 Å². The summed E-state index contributed by atoms with van der Waals surface area (Å²) in [7, 11) is 1.66. The van der Waals surface area contributed by atoms with E-state index in [2.05, 4.69) is 9.97 Å². The third kappa shape index (κ3) is 4.14. The smallest absolute Gasteiger partial charge is 0.280 e. The first-order valence-corrected chi connectivity index (χ1v) is 11.5. The minimum Gasteiger partial charge on any atom is -0.395 e. The van der Waals surface area contributed by atoms with Crippen LogP contribution in [0.4, 0.5) is 5.13 Å². The molecule has 1 saturated heterocycles. The zero-order valence-corrected chi connectivity index (χ0v) is 19.0. The lowest BCUT2D eigenvalue weighted by molar-refractivity contribution is -0.120. The predicted octanol–water partition coefficient (Wildman–Crippen LogP) is 2.83. The first-order chi connectivity index (χ1) is 14.8. The molecule has 3 heterocycles. The number of carbonyl (C=O) groups is 1. The van der Waals surface area contributed by atoms with Crippen LogP contribution in [0.25, 0.3) is 10.3 Å². The van der Waals surface area contributed by atoms with E-state index in [1.54, 1.807) is 7.05 Å². The van der Waals surface area contributed by atoms with Crippen molar-refractivity contribution >= 4 is 32.6 Å². The van der Waals surface area contributed by atoms with Crippen molar-refractivity contribution in [3.63, 3.8) is 0 Å². The minimum atomic E-state index is -0.643. The average molecular weight is 441 g/mol. The van der Waals surface area contributed by atoms with Gasteiger partial charge in [0.05, 0.1) is 12.6 Å². The molecule has 1 fully saturated rings. The molecule has 0 bridgehead atoms. The molecular weight excluding hydrogens is 412 g/mol. The Bertz CT molecular complexity index is 1150. The predicted molar refractivity (Wildman–Crippen MR) is 123 cm³/mol. The van der Waals surface area contributed by atoms with Gasteiger partial charge in [0.15, 0.2) is 21.3 Å². The Labute approximate surface area is 185 Å². The van der Waals surface area contributed by atoms with Crippen molar-refractivity contribution in [3.05, 3.63) is 52.1 Å². The van der Waals surface area contributed by atoms with Crippen molar-refractivity contribution in [2.45, 2.75) is 51.0 Å². The lowest BCUT2D eigenvalue weighted by Crippen LogP contribution is -2.36. The van der Waals surface area contributed by atoms with Gasteiger partial charge in [0, 0.05) is 25.4 Å². The summed E-state index contributed by atoms with van der Waals surface area (Å²) in [5.41, 5.74) is 0.611. The van der Waals surface area contributed by atoms with Gasteiger partial charge in [-0.2, -0.15) is 0 Å². The van der Waals surface area contributed by atoms with Crippen LogP contribution in [-0.4, -0.2) is 44.6 Å². The molecule has 1 aliphatic heterocycles. The molecule has 0 amide bonds. The van der Waals surface area contributed by atoms with Crippen molar-refractivity contribution in [2.75, 3.05) is 18.1 Å². The maximum absolute atomic E-state index is 13.0. The Morgan fingerprint density at radius 1 is 1.26 bits per heavy atom. The highest BCUT2D eigenvalue weighted by Gasteiger charge is 2.33. The Hall–Kier alpha value is -2.58. The number of rotatable bonds is 7. The monoisotopic (exact) mass is 440 g/mol. The lowest BCUT2D eigenvalue weighted by atomic mass is 9.93. The maximum Gasteiger partial charge on any atom is 0.280 e. The van der Waals surface area contributed by atoms with E-state index < -0.39 is 5.41 Å². The van der Waals surface area contributed by atoms with E-state index in [0.29, 0.717) is 27.7 Å². The Morgan fingerprint density at radius 3 is 2.71 bits per heavy atom. The van der Waals surface area contributed by atoms with Crippen molar-refractivity contribution in [1.29, 1.82) is 0 Å². The first kappa shape index (κ1) is 21.6. The second kappa shape index (κ2) is 8.51. The van der Waals surface area contributed by atoms with E-state index in [4.69, 9.17) is 0 Å². The van der Waals surface area contributed by atoms with Gasteiger partial charge in [-0.05, 0) is 24.8 Å². The fourth-order valence-electron chi connectivity index (χ4n) is 4.15. The van der Waals surface area contributed by atoms with Gasteiger partial charge in [-0.1, -0.05) is 55.5 Å². The number of Topliss-reactive ketones (excluding diaryl/α,β-unsaturated/α-hetero) is 1. The third-order valence-corrected chi connectivity index (χ3v) is 6.99. The lowest BCUT2D eigenvalue weighted by Gasteiger charge is -2.22. The summed E-state index contributed by atoms with van der Waals surface area (Å²) in [5.74, 6) is 0.739. The molecular formula is C23H28N4O3S. The van der Waals surface area contributed by atoms with Gasteiger partial charge in [0.2, 0.25) is 0 Å². The average Bonchev–Trinajstić information content (AvgIpc) is 3.42. The summed E-state index contributed by atoms with van der Waals surface area (Å²) in [4.78, 5) is 37.7. The van der Waals surface area contributed by atoms with E-state index >= 15 is 0 Å². The van der Waals surface area contributed by atoms with Gasteiger partial charge in [0.1, 0.15) is 5.82 Å². The van der Waals surface area contributed by atoms with Crippen LogP contribution in [0.15, 0.2) is 35.1 Å². The molecule has 0 aliphatic carbocycles. The molecule has 1 atom stereocenters. The summed E-state index contributed by atoms with van der Waals surface area (Å²) in [6, 6.07) is 9.83. The molecule has 0 unspecified atom stereocenters. The standard InChI is InChI=1S/C23H28N4O3S/c1-23(2,14-28)21-25-19-18(20(30)26(21)3)24-22(31-19)27-13-7-10-16(27)17(29)12-11-15-8-5-4-6-9-15/h4-6,8-9,16,28H,7,10-14H2,1-3H3/t16-/m1/s1. The molecule has 1 aliphatic rings. The van der Waals surface area contributed by atoms with Crippen LogP contribution in [0.2, 0.25) is 0 Å². The molecule has 31 heavy (non-hydrogen) atoms. The minimum absolute atomic E-state index is 0.117. The van der Waals surface area contributed by atoms with Crippen LogP contribution >= 0.6 is 11.3 Å². The Balaban J connectivity index is 1.61. The molecule has 1 aromatic carbocycles. The molecule has 7 nitrogen and oxygen atoms in total. The van der Waals surface area contributed by atoms with Crippen LogP contribution in [-0.2, 0) is 23.7 Å². The number of fused-ring (bicyclic) bond motifs is 1. The largest absolute Gasteiger partial charge is 0.395 e. The highest BCUT2D eigenvalue weighted by Crippen LogP contribution is 2.33. The number of anilines is 1. The number of benzene rings is 1. The van der Waals surface area contributed by atoms with Crippen molar-refractivity contribution in [2.24, 2.45) is 7.05 Å². The zero-order chi connectivity index (χ0) is 22.2. The number of aliphatic hydroxyl groups is 1. The molecule has 4 rings (SSSR count). The number of aryl methyl sites for hydroxylation is 1. The summed E-state index contributed by atoms with van der Waals surface area (Å²) in [6.07, 6.45) is 2.94. The van der Waals surface area contributed by atoms with E-state index in [0.717, 1.165) is 31.4 Å². The fourth-order valence-corrected chi connectivity index (χ4v) is 5.16. The van der Waals surface area contributed by atoms with E-state index in [-0.39, 0.29) is 24.0 Å². The molecule has 0 radical (unpaired) electrons. The Kier molecular flexibility index (Phi) is 5.94. The third-order valence-electron chi connectivity index (χ3n) is 6.00. The fraction of sp³-hybridized carbons (Fsp3) is 0.478. The van der Waals surface area contributed by atoms with Crippen LogP contribution < -0.4 is 10.5 Å². The van der Waals surface area contributed by atoms with Gasteiger partial charge in [0.25, 0.3) is 5.56 Å². The van der Waals surface area contributed by atoms with E-state index in [1.807, 2.05) is 49.1 Å². The topological polar surface area (TPSA) is 88.3 Å². The molecule has 0 saturated carbocycles. The number of aromatic nitrogens is 3. The normalized spacial score (nSPS) is 16.9. The summed E-state index contributed by atoms with van der Waals surface area (Å²) in [6.45, 7) is 4.33. The quantitative estimate of drug-likeness (QED) is 0.608. The van der Waals surface area contributed by atoms with Crippen LogP contribution in [0, 0.1) is 0 Å². The van der Waals surface area contributed by atoms with Gasteiger partial charge in [-0.25, -0.2) is 9.97 Å². The molecule has 3 aromatic rings. The van der Waals surface area contributed by atoms with Gasteiger partial charge in [-0.3, -0.25) is 14.2 Å². The van der Waals surface area contributed by atoms with Gasteiger partial charge in [-0.15, -0.1) is 0 Å². The SMILES string of the molecule is Cn1c(C(C)(C)CO)nc2sc(N3CCC[C@@H]3C(=O)CCc3ccccc3)nc2c1=O. The number of thiazole rings is 1. The van der Waals surface area contributed by atoms with Gasteiger partial charge >= 0.3 is 0 Å². The van der Waals surface area contributed by atoms with E-state index in [1.165, 1.54) is 15.9 Å². The van der Waals surface area contributed by atoms with Crippen LogP contribution in [0.5, 0.6) is 0 Å². The van der Waals surface area contributed by atoms with Crippen molar-refractivity contribution < 1.29 is 9.90 Å². The molecule has 8 heteroatoms. The van der Waals surface area contributed by atoms with Crippen molar-refractivity contribution in [3.8, 4) is 0 Å². The first-order valence-electron chi connectivity index (χ1n) is 10.6. The maximum atomic E-state index is 13.0. The summed E-state index contributed by atoms with van der Waals surface area (Å²) >= 11 is 1.35. The molecule has 1 N–H and O–H groups in total. The number of aliphatic hydroxyl groups excluding tert-OH is 1. The zero-order valence-electron chi connectivity index (χ0n) is 18.2. The Morgan fingerprint density at radius 2 is 2.00 bits per heavy atom. The number of carbonyl (C=O) groups excluding carboxylic acids is 1. The van der Waals surface area contributed by atoms with Crippen molar-refractivity contribution in [1.82, 2.24) is 14.5 Å². The number of nitrogens with zero attached hydrogens (tertiary/aromatic N) is 4. The molecule has 164 valence electrons. The number of ketones is 1. The van der Waals surface area contributed by atoms with Crippen LogP contribution in [0.1, 0.15) is 44.5 Å². The number of hydrogen-bond donors (Lipinski definition) is 1. The summed E-state index contributed by atoms with van der Waals surface area (Å²) < 4.78 is 1.47. The van der Waals surface area contributed by atoms with E-state index in [9.17, 15) is 14.7 Å². The second-order valence-electron chi connectivity index (χ2n) is 8.80. The summed E-state index contributed by atoms with van der Waals surface area (Å²) in [5, 5.41) is 10.4. The molecule has 2 aromatic heterocycles. The molecule has 0 spiro atoms. The number of hydrogen-bond acceptors (Lipinski definition) is 7. The van der Waals surface area contributed by atoms with Gasteiger partial charge < -0.3 is 10.0 Å². The highest BCUT2D eigenvalue weighted by atomic mass is 32.1. The second-order valence-corrected chi connectivity index (χ2v) is 9.75.